The molecule has 1 aromatic carbocycles. The number of ether oxygens (including phenoxy) is 1. The fourth-order valence-electron chi connectivity index (χ4n) is 2.54. The third kappa shape index (κ3) is 2.86. The van der Waals surface area contributed by atoms with Gasteiger partial charge in [0.1, 0.15) is 5.75 Å². The average Bonchev–Trinajstić information content (AvgIpc) is 2.53. The average molecular weight is 243 g/mol. The lowest BCUT2D eigenvalue weighted by Gasteiger charge is -2.19. The van der Waals surface area contributed by atoms with Gasteiger partial charge in [-0.2, -0.15) is 0 Å². The zero-order valence-corrected chi connectivity index (χ0v) is 11.5. The largest absolute Gasteiger partial charge is 0.493 e. The lowest BCUT2D eigenvalue weighted by molar-refractivity contribution is 0.313. The van der Waals surface area contributed by atoms with Crippen molar-refractivity contribution in [3.05, 3.63) is 28.8 Å². The highest BCUT2D eigenvalue weighted by atomic mass is 16.5. The molecule has 1 heterocycles. The number of fused-ring (bicyclic) bond motifs is 1. The maximum atomic E-state index is 5.89. The van der Waals surface area contributed by atoms with Gasteiger partial charge in [-0.3, -0.25) is 5.32 Å². The molecule has 0 amide bonds. The van der Waals surface area contributed by atoms with E-state index in [0.717, 1.165) is 31.7 Å². The third-order valence-corrected chi connectivity index (χ3v) is 3.32. The summed E-state index contributed by atoms with van der Waals surface area (Å²) >= 11 is 0. The van der Waals surface area contributed by atoms with Crippen LogP contribution in [0.15, 0.2) is 12.1 Å². The van der Waals surface area contributed by atoms with Crippen molar-refractivity contribution in [2.24, 2.45) is 0 Å². The molecule has 96 valence electrons. The lowest BCUT2D eigenvalue weighted by Crippen LogP contribution is -2.21. The Labute approximate surface area is 110 Å². The lowest BCUT2D eigenvalue weighted by atomic mass is 9.97. The van der Waals surface area contributed by atoms with Gasteiger partial charge in [0, 0.05) is 11.6 Å². The highest BCUT2D eigenvalue weighted by Crippen LogP contribution is 2.34. The van der Waals surface area contributed by atoms with E-state index in [-0.39, 0.29) is 0 Å². The Bertz CT molecular complexity index is 482. The fraction of sp³-hybridized carbons (Fsp3) is 0.500. The first-order chi connectivity index (χ1) is 8.72. The van der Waals surface area contributed by atoms with Gasteiger partial charge in [0.25, 0.3) is 0 Å². The van der Waals surface area contributed by atoms with E-state index in [1.807, 2.05) is 6.92 Å². The third-order valence-electron chi connectivity index (χ3n) is 3.32. The molecule has 18 heavy (non-hydrogen) atoms. The standard InChI is InChI=1S/C16H21NO/c1-4-5-8-17-15-7-6-9-18-16-13(3)10-12(2)11-14(15)16/h10-11,15,17H,6-9H2,1-3H3/t15-/m1/s1. The maximum Gasteiger partial charge on any atom is 0.126 e. The van der Waals surface area contributed by atoms with Crippen LogP contribution < -0.4 is 10.1 Å². The molecule has 0 spiro atoms. The van der Waals surface area contributed by atoms with Crippen LogP contribution in [0.25, 0.3) is 0 Å². The first-order valence-electron chi connectivity index (χ1n) is 6.59. The summed E-state index contributed by atoms with van der Waals surface area (Å²) < 4.78 is 5.89. The van der Waals surface area contributed by atoms with Gasteiger partial charge in [0.15, 0.2) is 0 Å². The second-order valence-corrected chi connectivity index (χ2v) is 4.85. The molecule has 0 aliphatic carbocycles. The van der Waals surface area contributed by atoms with Gasteiger partial charge in [-0.25, -0.2) is 0 Å². The van der Waals surface area contributed by atoms with Crippen LogP contribution in [0, 0.1) is 25.7 Å². The van der Waals surface area contributed by atoms with Crippen molar-refractivity contribution in [2.75, 3.05) is 13.2 Å². The predicted molar refractivity (Wildman–Crippen MR) is 74.8 cm³/mol. The van der Waals surface area contributed by atoms with Gasteiger partial charge in [-0.15, -0.1) is 5.92 Å². The Kier molecular flexibility index (Phi) is 4.28. The molecule has 1 aliphatic heterocycles. The monoisotopic (exact) mass is 243 g/mol. The summed E-state index contributed by atoms with van der Waals surface area (Å²) in [5, 5.41) is 3.52. The van der Waals surface area contributed by atoms with E-state index in [4.69, 9.17) is 4.74 Å². The molecule has 0 radical (unpaired) electrons. The first-order valence-corrected chi connectivity index (χ1v) is 6.59. The van der Waals surface area contributed by atoms with Crippen molar-refractivity contribution in [3.8, 4) is 17.6 Å². The molecule has 2 heteroatoms. The van der Waals surface area contributed by atoms with Gasteiger partial charge < -0.3 is 4.74 Å². The second kappa shape index (κ2) is 5.93. The number of aryl methyl sites for hydroxylation is 2. The number of hydrogen-bond acceptors (Lipinski definition) is 2. The molecule has 0 aromatic heterocycles. The molecule has 1 aromatic rings. The maximum absolute atomic E-state index is 5.89. The Hall–Kier alpha value is -1.46. The minimum atomic E-state index is 0.363. The molecular weight excluding hydrogens is 222 g/mol. The van der Waals surface area contributed by atoms with E-state index in [1.165, 1.54) is 16.7 Å². The summed E-state index contributed by atoms with van der Waals surface area (Å²) in [5.41, 5.74) is 3.83. The molecule has 0 saturated heterocycles. The molecule has 2 rings (SSSR count). The van der Waals surface area contributed by atoms with Gasteiger partial charge in [0.2, 0.25) is 0 Å². The van der Waals surface area contributed by atoms with Gasteiger partial charge >= 0.3 is 0 Å². The van der Waals surface area contributed by atoms with Crippen molar-refractivity contribution in [1.29, 1.82) is 0 Å². The Morgan fingerprint density at radius 2 is 2.22 bits per heavy atom. The Balaban J connectivity index is 2.30. The van der Waals surface area contributed by atoms with E-state index in [0.29, 0.717) is 6.04 Å². The summed E-state index contributed by atoms with van der Waals surface area (Å²) in [6, 6.07) is 4.79. The molecule has 1 atom stereocenters. The molecule has 1 aliphatic rings. The summed E-state index contributed by atoms with van der Waals surface area (Å²) in [7, 11) is 0. The van der Waals surface area contributed by atoms with Crippen LogP contribution in [0.2, 0.25) is 0 Å². The minimum absolute atomic E-state index is 0.363. The first kappa shape index (κ1) is 13.0. The van der Waals surface area contributed by atoms with Gasteiger partial charge in [-0.1, -0.05) is 23.6 Å². The number of nitrogens with one attached hydrogen (secondary N) is 1. The van der Waals surface area contributed by atoms with E-state index >= 15 is 0 Å². The van der Waals surface area contributed by atoms with Crippen LogP contribution >= 0.6 is 0 Å². The summed E-state index contributed by atoms with van der Waals surface area (Å²) in [6.45, 7) is 7.70. The SMILES string of the molecule is CC#CCN[C@@H]1CCCOc2c(C)cc(C)cc21. The number of benzene rings is 1. The molecule has 0 bridgehead atoms. The van der Waals surface area contributed by atoms with E-state index in [2.05, 4.69) is 43.1 Å². The van der Waals surface area contributed by atoms with Gasteiger partial charge in [0.05, 0.1) is 13.2 Å². The highest BCUT2D eigenvalue weighted by molar-refractivity contribution is 5.46. The second-order valence-electron chi connectivity index (χ2n) is 4.85. The topological polar surface area (TPSA) is 21.3 Å². The molecule has 1 N–H and O–H groups in total. The van der Waals surface area contributed by atoms with Crippen LogP contribution in [0.1, 0.15) is 42.5 Å². The van der Waals surface area contributed by atoms with E-state index in [1.54, 1.807) is 0 Å². The van der Waals surface area contributed by atoms with Crippen LogP contribution in [0.4, 0.5) is 0 Å². The van der Waals surface area contributed by atoms with E-state index in [9.17, 15) is 0 Å². The van der Waals surface area contributed by atoms with Crippen LogP contribution in [-0.2, 0) is 0 Å². The quantitative estimate of drug-likeness (QED) is 0.806. The van der Waals surface area contributed by atoms with Crippen molar-refractivity contribution in [1.82, 2.24) is 5.32 Å². The highest BCUT2D eigenvalue weighted by Gasteiger charge is 2.20. The Morgan fingerprint density at radius 1 is 1.39 bits per heavy atom. The molecule has 2 nitrogen and oxygen atoms in total. The van der Waals surface area contributed by atoms with Crippen molar-refractivity contribution in [3.63, 3.8) is 0 Å². The van der Waals surface area contributed by atoms with Crippen molar-refractivity contribution < 1.29 is 4.74 Å². The summed E-state index contributed by atoms with van der Waals surface area (Å²) in [5.74, 6) is 7.07. The van der Waals surface area contributed by atoms with Crippen LogP contribution in [0.5, 0.6) is 5.75 Å². The van der Waals surface area contributed by atoms with Crippen LogP contribution in [-0.4, -0.2) is 13.2 Å². The zero-order valence-electron chi connectivity index (χ0n) is 11.5. The normalized spacial score (nSPS) is 18.1. The summed E-state index contributed by atoms with van der Waals surface area (Å²) in [6.07, 6.45) is 2.20. The molecule has 0 unspecified atom stereocenters. The predicted octanol–water partition coefficient (Wildman–Crippen LogP) is 3.13. The number of rotatable bonds is 2. The minimum Gasteiger partial charge on any atom is -0.493 e. The Morgan fingerprint density at radius 3 is 3.00 bits per heavy atom. The molecule has 0 saturated carbocycles. The molecular formula is C16H21NO. The number of hydrogen-bond donors (Lipinski definition) is 1. The van der Waals surface area contributed by atoms with Gasteiger partial charge in [-0.05, 0) is 39.2 Å². The van der Waals surface area contributed by atoms with Crippen LogP contribution in [0.3, 0.4) is 0 Å². The van der Waals surface area contributed by atoms with E-state index < -0.39 is 0 Å². The fourth-order valence-corrected chi connectivity index (χ4v) is 2.54. The van der Waals surface area contributed by atoms with Crippen molar-refractivity contribution >= 4 is 0 Å². The molecule has 0 fully saturated rings. The smallest absolute Gasteiger partial charge is 0.126 e. The zero-order chi connectivity index (χ0) is 13.0. The van der Waals surface area contributed by atoms with Crippen molar-refractivity contribution in [2.45, 2.75) is 39.7 Å². The summed E-state index contributed by atoms with van der Waals surface area (Å²) in [4.78, 5) is 0.